The molecule has 0 bridgehead atoms. The molecule has 0 amide bonds. The normalized spacial score (nSPS) is 9.89. The molecule has 0 saturated heterocycles. The van der Waals surface area contributed by atoms with Crippen LogP contribution in [0.1, 0.15) is 11.1 Å². The molecule has 2 rings (SSSR count). The van der Waals surface area contributed by atoms with Gasteiger partial charge >= 0.3 is 0 Å². The van der Waals surface area contributed by atoms with E-state index in [-0.39, 0.29) is 6.61 Å². The van der Waals surface area contributed by atoms with E-state index in [0.717, 1.165) is 16.5 Å². The van der Waals surface area contributed by atoms with Crippen molar-refractivity contribution in [3.05, 3.63) is 47.8 Å². The molecule has 1 aromatic carbocycles. The molecular formula is C14H14N2OS. The van der Waals surface area contributed by atoms with Gasteiger partial charge in [0.1, 0.15) is 6.61 Å². The molecule has 92 valence electrons. The van der Waals surface area contributed by atoms with E-state index in [1.54, 1.807) is 18.0 Å². The number of nitrogens with zero attached hydrogens (tertiary/aromatic N) is 2. The van der Waals surface area contributed by atoms with Gasteiger partial charge in [-0.2, -0.15) is 0 Å². The molecule has 0 aliphatic heterocycles. The molecule has 1 aromatic heterocycles. The Morgan fingerprint density at radius 2 is 2.33 bits per heavy atom. The highest BCUT2D eigenvalue weighted by Crippen LogP contribution is 2.20. The van der Waals surface area contributed by atoms with Crippen molar-refractivity contribution < 1.29 is 5.11 Å². The fourth-order valence-electron chi connectivity index (χ4n) is 1.52. The van der Waals surface area contributed by atoms with Crippen LogP contribution in [0.3, 0.4) is 0 Å². The number of hydrogen-bond acceptors (Lipinski definition) is 3. The van der Waals surface area contributed by atoms with E-state index in [2.05, 4.69) is 22.9 Å². The van der Waals surface area contributed by atoms with Crippen LogP contribution in [0.25, 0.3) is 0 Å². The van der Waals surface area contributed by atoms with Crippen molar-refractivity contribution in [3.63, 3.8) is 0 Å². The molecule has 0 radical (unpaired) electrons. The number of imidazole rings is 1. The molecule has 0 atom stereocenters. The van der Waals surface area contributed by atoms with E-state index in [0.29, 0.717) is 0 Å². The molecule has 0 aliphatic rings. The highest BCUT2D eigenvalue weighted by atomic mass is 32.2. The highest BCUT2D eigenvalue weighted by Gasteiger charge is 2.01. The van der Waals surface area contributed by atoms with Crippen LogP contribution in [0.4, 0.5) is 0 Å². The summed E-state index contributed by atoms with van der Waals surface area (Å²) < 4.78 is 2.00. The first-order valence-corrected chi connectivity index (χ1v) is 6.57. The minimum atomic E-state index is -0.105. The largest absolute Gasteiger partial charge is 0.384 e. The summed E-state index contributed by atoms with van der Waals surface area (Å²) in [5.41, 5.74) is 2.13. The van der Waals surface area contributed by atoms with E-state index in [1.807, 2.05) is 36.0 Å². The minimum absolute atomic E-state index is 0.105. The van der Waals surface area contributed by atoms with Gasteiger partial charge in [-0.25, -0.2) is 4.98 Å². The van der Waals surface area contributed by atoms with Gasteiger partial charge in [-0.1, -0.05) is 35.7 Å². The lowest BCUT2D eigenvalue weighted by atomic mass is 10.1. The first kappa shape index (κ1) is 12.7. The van der Waals surface area contributed by atoms with Gasteiger partial charge in [0, 0.05) is 30.8 Å². The number of rotatable bonds is 3. The van der Waals surface area contributed by atoms with E-state index in [4.69, 9.17) is 5.11 Å². The molecule has 2 aromatic rings. The predicted octanol–water partition coefficient (Wildman–Crippen LogP) is 2.06. The number of aryl methyl sites for hydroxylation is 1. The molecule has 0 spiro atoms. The molecule has 0 fully saturated rings. The number of hydrogen-bond donors (Lipinski definition) is 1. The molecule has 4 heteroatoms. The summed E-state index contributed by atoms with van der Waals surface area (Å²) in [4.78, 5) is 4.27. The Bertz CT molecular complexity index is 581. The summed E-state index contributed by atoms with van der Waals surface area (Å²) in [6.07, 6.45) is 3.73. The summed E-state index contributed by atoms with van der Waals surface area (Å²) in [7, 11) is 1.98. The van der Waals surface area contributed by atoms with Gasteiger partial charge in [-0.15, -0.1) is 0 Å². The average molecular weight is 258 g/mol. The van der Waals surface area contributed by atoms with Gasteiger partial charge in [-0.3, -0.25) is 0 Å². The zero-order valence-electron chi connectivity index (χ0n) is 10.1. The first-order valence-electron chi connectivity index (χ1n) is 5.58. The maximum atomic E-state index is 8.67. The van der Waals surface area contributed by atoms with Crippen LogP contribution in [0.5, 0.6) is 0 Å². The van der Waals surface area contributed by atoms with Crippen LogP contribution in [0.2, 0.25) is 0 Å². The Morgan fingerprint density at radius 1 is 1.44 bits per heavy atom. The quantitative estimate of drug-likeness (QED) is 0.676. The molecule has 0 unspecified atom stereocenters. The lowest BCUT2D eigenvalue weighted by Gasteiger charge is -2.02. The number of aromatic nitrogens is 2. The molecule has 0 saturated carbocycles. The Hall–Kier alpha value is -1.70. The number of benzene rings is 1. The molecule has 0 aliphatic carbocycles. The fraction of sp³-hybridized carbons (Fsp3) is 0.214. The van der Waals surface area contributed by atoms with Crippen LogP contribution in [-0.2, 0) is 12.8 Å². The van der Waals surface area contributed by atoms with Crippen LogP contribution in [-0.4, -0.2) is 21.3 Å². The summed E-state index contributed by atoms with van der Waals surface area (Å²) in [5, 5.41) is 9.67. The van der Waals surface area contributed by atoms with Gasteiger partial charge < -0.3 is 9.67 Å². The number of aliphatic hydroxyl groups is 1. The maximum Gasteiger partial charge on any atom is 0.167 e. The standard InChI is InChI=1S/C14H14N2OS/c1-16-8-7-15-14(16)18-11-13-5-2-4-12(10-13)6-3-9-17/h2,4-5,7-8,10,17H,9,11H2,1H3. The Balaban J connectivity index is 2.03. The van der Waals surface area contributed by atoms with Gasteiger partial charge in [0.25, 0.3) is 0 Å². The van der Waals surface area contributed by atoms with Gasteiger partial charge in [0.2, 0.25) is 0 Å². The Labute approximate surface area is 111 Å². The number of aliphatic hydroxyl groups excluding tert-OH is 1. The second-order valence-corrected chi connectivity index (χ2v) is 4.71. The molecular weight excluding hydrogens is 244 g/mol. The summed E-state index contributed by atoms with van der Waals surface area (Å²) in [5.74, 6) is 6.42. The second-order valence-electron chi connectivity index (χ2n) is 3.77. The molecule has 1 heterocycles. The van der Waals surface area contributed by atoms with E-state index < -0.39 is 0 Å². The topological polar surface area (TPSA) is 38.0 Å². The average Bonchev–Trinajstić information content (AvgIpc) is 2.80. The third-order valence-corrected chi connectivity index (χ3v) is 3.51. The van der Waals surface area contributed by atoms with Crippen molar-refractivity contribution in [2.45, 2.75) is 10.9 Å². The van der Waals surface area contributed by atoms with Crippen LogP contribution < -0.4 is 0 Å². The zero-order chi connectivity index (χ0) is 12.8. The van der Waals surface area contributed by atoms with Crippen LogP contribution in [0.15, 0.2) is 41.8 Å². The van der Waals surface area contributed by atoms with Crippen molar-refractivity contribution in [1.82, 2.24) is 9.55 Å². The summed E-state index contributed by atoms with van der Waals surface area (Å²) in [6, 6.07) is 8.03. The fourth-order valence-corrected chi connectivity index (χ4v) is 2.39. The predicted molar refractivity (Wildman–Crippen MR) is 73.2 cm³/mol. The molecule has 18 heavy (non-hydrogen) atoms. The van der Waals surface area contributed by atoms with E-state index in [1.165, 1.54) is 5.56 Å². The Morgan fingerprint density at radius 3 is 3.06 bits per heavy atom. The first-order chi connectivity index (χ1) is 8.79. The van der Waals surface area contributed by atoms with Gasteiger partial charge in [0.05, 0.1) is 0 Å². The van der Waals surface area contributed by atoms with Crippen molar-refractivity contribution in [3.8, 4) is 11.8 Å². The third kappa shape index (κ3) is 3.39. The lowest BCUT2D eigenvalue weighted by Crippen LogP contribution is -1.90. The van der Waals surface area contributed by atoms with Crippen LogP contribution in [0, 0.1) is 11.8 Å². The van der Waals surface area contributed by atoms with Gasteiger partial charge in [0.15, 0.2) is 5.16 Å². The lowest BCUT2D eigenvalue weighted by molar-refractivity contribution is 0.350. The molecule has 1 N–H and O–H groups in total. The van der Waals surface area contributed by atoms with Crippen molar-refractivity contribution in [2.75, 3.05) is 6.61 Å². The summed E-state index contributed by atoms with van der Waals surface area (Å²) >= 11 is 1.69. The van der Waals surface area contributed by atoms with Gasteiger partial charge in [-0.05, 0) is 17.7 Å². The number of thioether (sulfide) groups is 1. The molecule has 3 nitrogen and oxygen atoms in total. The van der Waals surface area contributed by atoms with E-state index >= 15 is 0 Å². The monoisotopic (exact) mass is 258 g/mol. The smallest absolute Gasteiger partial charge is 0.167 e. The van der Waals surface area contributed by atoms with Crippen molar-refractivity contribution >= 4 is 11.8 Å². The van der Waals surface area contributed by atoms with Crippen LogP contribution >= 0.6 is 11.8 Å². The van der Waals surface area contributed by atoms with Crippen molar-refractivity contribution in [2.24, 2.45) is 7.05 Å². The van der Waals surface area contributed by atoms with E-state index in [9.17, 15) is 0 Å². The third-order valence-electron chi connectivity index (χ3n) is 2.38. The summed E-state index contributed by atoms with van der Waals surface area (Å²) in [6.45, 7) is -0.105. The zero-order valence-corrected chi connectivity index (χ0v) is 10.9. The second kappa shape index (κ2) is 6.29. The SMILES string of the molecule is Cn1ccnc1SCc1cccc(C#CCO)c1. The Kier molecular flexibility index (Phi) is 4.46. The maximum absolute atomic E-state index is 8.67. The minimum Gasteiger partial charge on any atom is -0.384 e. The highest BCUT2D eigenvalue weighted by molar-refractivity contribution is 7.98. The van der Waals surface area contributed by atoms with Crippen molar-refractivity contribution in [1.29, 1.82) is 0 Å².